The maximum absolute atomic E-state index is 3.99. The third-order valence-electron chi connectivity index (χ3n) is 3.35. The minimum absolute atomic E-state index is 0.531. The van der Waals surface area contributed by atoms with E-state index < -0.39 is 0 Å². The summed E-state index contributed by atoms with van der Waals surface area (Å²) in [6.45, 7) is 13.4. The molecule has 0 aliphatic rings. The second-order valence-corrected chi connectivity index (χ2v) is 5.93. The minimum Gasteiger partial charge on any atom is -0.0654 e. The smallest absolute Gasteiger partial charge is 0.0352 e. The summed E-state index contributed by atoms with van der Waals surface area (Å²) in [5, 5.41) is 0. The van der Waals surface area contributed by atoms with E-state index in [4.69, 9.17) is 0 Å². The van der Waals surface area contributed by atoms with Crippen molar-refractivity contribution in [2.45, 2.75) is 79.1 Å². The Kier molecular flexibility index (Phi) is 8.19. The first-order chi connectivity index (χ1) is 7.02. The molecular weight excluding hydrogens is 180 g/mol. The Morgan fingerprint density at radius 1 is 1.07 bits per heavy atom. The summed E-state index contributed by atoms with van der Waals surface area (Å²) in [7, 11) is 0. The van der Waals surface area contributed by atoms with Crippen molar-refractivity contribution in [3.05, 3.63) is 6.92 Å². The van der Waals surface area contributed by atoms with E-state index in [-0.39, 0.29) is 0 Å². The summed E-state index contributed by atoms with van der Waals surface area (Å²) < 4.78 is 0. The Balaban J connectivity index is 3.55. The van der Waals surface area contributed by atoms with E-state index in [0.717, 1.165) is 12.3 Å². The number of hydrogen-bond donors (Lipinski definition) is 0. The largest absolute Gasteiger partial charge is 0.0654 e. The highest BCUT2D eigenvalue weighted by atomic mass is 14.2. The lowest BCUT2D eigenvalue weighted by atomic mass is 9.78. The summed E-state index contributed by atoms with van der Waals surface area (Å²) in [5.74, 6) is 0.788. The van der Waals surface area contributed by atoms with Gasteiger partial charge in [-0.2, -0.15) is 0 Å². The Hall–Kier alpha value is 0. The second kappa shape index (κ2) is 8.19. The van der Waals surface area contributed by atoms with E-state index in [1.54, 1.807) is 0 Å². The van der Waals surface area contributed by atoms with Gasteiger partial charge in [-0.05, 0) is 24.2 Å². The number of hydrogen-bond acceptors (Lipinski definition) is 0. The fourth-order valence-electron chi connectivity index (χ4n) is 2.35. The fourth-order valence-corrected chi connectivity index (χ4v) is 2.35. The van der Waals surface area contributed by atoms with Gasteiger partial charge in [0, 0.05) is 0 Å². The third kappa shape index (κ3) is 8.96. The Morgan fingerprint density at radius 2 is 1.67 bits per heavy atom. The van der Waals surface area contributed by atoms with Gasteiger partial charge in [-0.3, -0.25) is 0 Å². The SMILES string of the molecule is [CH2]CC(C)CC(C)(C)CCCCCCC. The molecule has 1 unspecified atom stereocenters. The molecule has 1 radical (unpaired) electrons. The van der Waals surface area contributed by atoms with E-state index in [9.17, 15) is 0 Å². The molecule has 91 valence electrons. The zero-order chi connectivity index (χ0) is 11.7. The lowest BCUT2D eigenvalue weighted by molar-refractivity contribution is 0.248. The Morgan fingerprint density at radius 3 is 2.20 bits per heavy atom. The van der Waals surface area contributed by atoms with Gasteiger partial charge in [0.05, 0.1) is 0 Å². The van der Waals surface area contributed by atoms with Crippen molar-refractivity contribution in [3.63, 3.8) is 0 Å². The highest BCUT2D eigenvalue weighted by molar-refractivity contribution is 4.72. The maximum Gasteiger partial charge on any atom is -0.0352 e. The zero-order valence-electron chi connectivity index (χ0n) is 11.4. The van der Waals surface area contributed by atoms with Crippen molar-refractivity contribution in [1.82, 2.24) is 0 Å². The number of unbranched alkanes of at least 4 members (excludes halogenated alkanes) is 4. The van der Waals surface area contributed by atoms with Crippen LogP contribution in [0.25, 0.3) is 0 Å². The van der Waals surface area contributed by atoms with Crippen molar-refractivity contribution < 1.29 is 0 Å². The van der Waals surface area contributed by atoms with Crippen LogP contribution >= 0.6 is 0 Å². The third-order valence-corrected chi connectivity index (χ3v) is 3.35. The van der Waals surface area contributed by atoms with E-state index in [1.165, 1.54) is 44.9 Å². The molecule has 0 aliphatic heterocycles. The molecule has 0 bridgehead atoms. The molecule has 0 nitrogen and oxygen atoms in total. The van der Waals surface area contributed by atoms with Crippen molar-refractivity contribution in [2.24, 2.45) is 11.3 Å². The van der Waals surface area contributed by atoms with Crippen LogP contribution in [0.3, 0.4) is 0 Å². The van der Waals surface area contributed by atoms with Crippen LogP contribution in [0.4, 0.5) is 0 Å². The van der Waals surface area contributed by atoms with Crippen LogP contribution in [-0.2, 0) is 0 Å². The van der Waals surface area contributed by atoms with Crippen LogP contribution in [0.2, 0.25) is 0 Å². The van der Waals surface area contributed by atoms with E-state index in [1.807, 2.05) is 0 Å². The Labute approximate surface area is 97.8 Å². The monoisotopic (exact) mass is 211 g/mol. The molecule has 0 amide bonds. The minimum atomic E-state index is 0.531. The van der Waals surface area contributed by atoms with Gasteiger partial charge in [0.2, 0.25) is 0 Å². The van der Waals surface area contributed by atoms with Crippen LogP contribution in [0.1, 0.15) is 79.1 Å². The molecule has 0 heterocycles. The molecule has 0 saturated carbocycles. The van der Waals surface area contributed by atoms with Gasteiger partial charge in [0.25, 0.3) is 0 Å². The number of rotatable bonds is 9. The van der Waals surface area contributed by atoms with Gasteiger partial charge >= 0.3 is 0 Å². The van der Waals surface area contributed by atoms with E-state index >= 15 is 0 Å². The highest BCUT2D eigenvalue weighted by Crippen LogP contribution is 2.32. The first kappa shape index (κ1) is 15.0. The second-order valence-electron chi connectivity index (χ2n) is 5.93. The van der Waals surface area contributed by atoms with Crippen LogP contribution in [0, 0.1) is 18.3 Å². The molecule has 0 aromatic carbocycles. The van der Waals surface area contributed by atoms with Gasteiger partial charge < -0.3 is 0 Å². The predicted molar refractivity (Wildman–Crippen MR) is 70.9 cm³/mol. The summed E-state index contributed by atoms with van der Waals surface area (Å²) in [5.41, 5.74) is 0.531. The average Bonchev–Trinajstić information content (AvgIpc) is 2.16. The molecule has 0 N–H and O–H groups in total. The maximum atomic E-state index is 3.99. The molecule has 1 atom stereocenters. The molecule has 15 heavy (non-hydrogen) atoms. The van der Waals surface area contributed by atoms with Crippen LogP contribution < -0.4 is 0 Å². The van der Waals surface area contributed by atoms with Gasteiger partial charge in [-0.25, -0.2) is 0 Å². The molecule has 0 aliphatic carbocycles. The fraction of sp³-hybridized carbons (Fsp3) is 0.933. The molecule has 0 aromatic heterocycles. The molecule has 0 aromatic rings. The lowest BCUT2D eigenvalue weighted by Gasteiger charge is -2.27. The van der Waals surface area contributed by atoms with Crippen molar-refractivity contribution in [3.8, 4) is 0 Å². The molecule has 0 saturated heterocycles. The van der Waals surface area contributed by atoms with Gasteiger partial charge in [-0.15, -0.1) is 0 Å². The molecular formula is C15H31. The zero-order valence-corrected chi connectivity index (χ0v) is 11.4. The molecule has 0 rings (SSSR count). The average molecular weight is 211 g/mol. The van der Waals surface area contributed by atoms with Crippen LogP contribution in [0.15, 0.2) is 0 Å². The highest BCUT2D eigenvalue weighted by Gasteiger charge is 2.19. The molecule has 0 spiro atoms. The normalized spacial score (nSPS) is 14.2. The summed E-state index contributed by atoms with van der Waals surface area (Å²) in [4.78, 5) is 0. The first-order valence-electron chi connectivity index (χ1n) is 6.81. The quantitative estimate of drug-likeness (QED) is 0.434. The van der Waals surface area contributed by atoms with E-state index in [0.29, 0.717) is 5.41 Å². The van der Waals surface area contributed by atoms with Gasteiger partial charge in [0.15, 0.2) is 0 Å². The van der Waals surface area contributed by atoms with Crippen molar-refractivity contribution >= 4 is 0 Å². The first-order valence-corrected chi connectivity index (χ1v) is 6.81. The standard InChI is InChI=1S/C15H31/c1-6-8-9-10-11-12-15(4,5)13-14(3)7-2/h14H,2,6-13H2,1,3-5H3. The van der Waals surface area contributed by atoms with Crippen molar-refractivity contribution in [2.75, 3.05) is 0 Å². The van der Waals surface area contributed by atoms with Crippen LogP contribution in [0.5, 0.6) is 0 Å². The van der Waals surface area contributed by atoms with E-state index in [2.05, 4.69) is 34.6 Å². The summed E-state index contributed by atoms with van der Waals surface area (Å²) in [6, 6.07) is 0. The van der Waals surface area contributed by atoms with Gasteiger partial charge in [0.1, 0.15) is 0 Å². The topological polar surface area (TPSA) is 0 Å². The summed E-state index contributed by atoms with van der Waals surface area (Å²) in [6.07, 6.45) is 10.8. The van der Waals surface area contributed by atoms with Gasteiger partial charge in [-0.1, -0.05) is 73.1 Å². The lowest BCUT2D eigenvalue weighted by Crippen LogP contribution is -2.15. The summed E-state index contributed by atoms with van der Waals surface area (Å²) >= 11 is 0. The molecule has 0 heteroatoms. The van der Waals surface area contributed by atoms with Crippen molar-refractivity contribution in [1.29, 1.82) is 0 Å². The van der Waals surface area contributed by atoms with Crippen LogP contribution in [-0.4, -0.2) is 0 Å². The predicted octanol–water partition coefficient (Wildman–Crippen LogP) is 5.62. The Bertz CT molecular complexity index is 135. The molecule has 0 fully saturated rings.